The Morgan fingerprint density at radius 1 is 1.26 bits per heavy atom. The standard InChI is InChI=1S/C12H10N8O2S/c1-18-6-15-17-12(18)23-11-3-2-9(4-10(11)20(21)22)5-16-19-7-13-14-8-19/h2-8H,1H3/b16-5-. The molecule has 2 aromatic heterocycles. The first-order chi connectivity index (χ1) is 11.1. The summed E-state index contributed by atoms with van der Waals surface area (Å²) in [7, 11) is 1.77. The zero-order chi connectivity index (χ0) is 16.2. The molecule has 116 valence electrons. The highest BCUT2D eigenvalue weighted by molar-refractivity contribution is 7.99. The van der Waals surface area contributed by atoms with Crippen molar-refractivity contribution in [2.45, 2.75) is 10.1 Å². The maximum absolute atomic E-state index is 11.3. The summed E-state index contributed by atoms with van der Waals surface area (Å²) in [5.74, 6) is 0. The minimum Gasteiger partial charge on any atom is -0.311 e. The molecule has 0 fully saturated rings. The van der Waals surface area contributed by atoms with Crippen LogP contribution in [0.2, 0.25) is 0 Å². The van der Waals surface area contributed by atoms with Crippen molar-refractivity contribution < 1.29 is 4.92 Å². The SMILES string of the molecule is Cn1cnnc1Sc1ccc(/C=N\n2cnnc2)cc1[N+](=O)[O-]. The Morgan fingerprint density at radius 2 is 2.04 bits per heavy atom. The van der Waals surface area contributed by atoms with Gasteiger partial charge >= 0.3 is 0 Å². The number of benzene rings is 1. The minimum atomic E-state index is -0.436. The average molecular weight is 330 g/mol. The lowest BCUT2D eigenvalue weighted by Crippen LogP contribution is -1.95. The molecule has 0 aliphatic rings. The number of hydrogen-bond donors (Lipinski definition) is 0. The van der Waals surface area contributed by atoms with Crippen molar-refractivity contribution in [1.82, 2.24) is 29.6 Å². The van der Waals surface area contributed by atoms with E-state index in [-0.39, 0.29) is 5.69 Å². The lowest BCUT2D eigenvalue weighted by Gasteiger charge is -2.03. The van der Waals surface area contributed by atoms with E-state index >= 15 is 0 Å². The summed E-state index contributed by atoms with van der Waals surface area (Å²) in [5.41, 5.74) is 0.568. The number of nitrogens with zero attached hydrogens (tertiary/aromatic N) is 8. The Hall–Kier alpha value is -3.08. The molecule has 2 heterocycles. The first kappa shape index (κ1) is 14.8. The van der Waals surface area contributed by atoms with E-state index in [0.29, 0.717) is 15.6 Å². The number of nitro groups is 1. The topological polar surface area (TPSA) is 117 Å². The normalized spacial score (nSPS) is 11.2. The lowest BCUT2D eigenvalue weighted by atomic mass is 10.2. The lowest BCUT2D eigenvalue weighted by molar-refractivity contribution is -0.387. The van der Waals surface area contributed by atoms with Crippen molar-refractivity contribution in [3.8, 4) is 0 Å². The van der Waals surface area contributed by atoms with Gasteiger partial charge in [-0.3, -0.25) is 10.1 Å². The Kier molecular flexibility index (Phi) is 4.10. The van der Waals surface area contributed by atoms with Crippen LogP contribution in [-0.2, 0) is 7.05 Å². The van der Waals surface area contributed by atoms with Crippen molar-refractivity contribution in [1.29, 1.82) is 0 Å². The molecule has 1 aromatic carbocycles. The third-order valence-electron chi connectivity index (χ3n) is 2.80. The van der Waals surface area contributed by atoms with Gasteiger partial charge in [-0.1, -0.05) is 6.07 Å². The van der Waals surface area contributed by atoms with E-state index in [1.54, 1.807) is 23.7 Å². The van der Waals surface area contributed by atoms with Crippen molar-refractivity contribution in [2.75, 3.05) is 0 Å². The van der Waals surface area contributed by atoms with Gasteiger partial charge in [-0.15, -0.1) is 20.4 Å². The third kappa shape index (κ3) is 3.40. The van der Waals surface area contributed by atoms with E-state index < -0.39 is 4.92 Å². The quantitative estimate of drug-likeness (QED) is 0.393. The van der Waals surface area contributed by atoms with Gasteiger partial charge < -0.3 is 4.57 Å². The van der Waals surface area contributed by atoms with Gasteiger partial charge in [0.1, 0.15) is 19.0 Å². The highest BCUT2D eigenvalue weighted by Gasteiger charge is 2.17. The molecule has 0 unspecified atom stereocenters. The zero-order valence-corrected chi connectivity index (χ0v) is 12.7. The van der Waals surface area contributed by atoms with Gasteiger partial charge in [-0.25, -0.2) is 4.68 Å². The van der Waals surface area contributed by atoms with Crippen LogP contribution in [0.5, 0.6) is 0 Å². The van der Waals surface area contributed by atoms with Gasteiger partial charge in [0.25, 0.3) is 5.69 Å². The summed E-state index contributed by atoms with van der Waals surface area (Å²) in [6.07, 6.45) is 5.87. The summed E-state index contributed by atoms with van der Waals surface area (Å²) in [5, 5.41) is 30.8. The summed E-state index contributed by atoms with van der Waals surface area (Å²) in [6.45, 7) is 0. The van der Waals surface area contributed by atoms with Gasteiger partial charge in [-0.2, -0.15) is 5.10 Å². The van der Waals surface area contributed by atoms with Crippen LogP contribution < -0.4 is 0 Å². The fraction of sp³-hybridized carbons (Fsp3) is 0.0833. The predicted molar refractivity (Wildman–Crippen MR) is 81.2 cm³/mol. The van der Waals surface area contributed by atoms with Gasteiger partial charge in [0, 0.05) is 18.7 Å². The molecule has 3 rings (SSSR count). The van der Waals surface area contributed by atoms with E-state index in [4.69, 9.17) is 0 Å². The van der Waals surface area contributed by atoms with Crippen LogP contribution in [0.25, 0.3) is 0 Å². The van der Waals surface area contributed by atoms with Crippen LogP contribution in [0.1, 0.15) is 5.56 Å². The number of rotatable bonds is 5. The Morgan fingerprint density at radius 3 is 2.70 bits per heavy atom. The summed E-state index contributed by atoms with van der Waals surface area (Å²) in [6, 6.07) is 4.84. The summed E-state index contributed by atoms with van der Waals surface area (Å²) >= 11 is 1.18. The van der Waals surface area contributed by atoms with Gasteiger partial charge in [0.15, 0.2) is 5.16 Å². The molecule has 0 aliphatic heterocycles. The van der Waals surface area contributed by atoms with Crippen LogP contribution in [0, 0.1) is 10.1 Å². The van der Waals surface area contributed by atoms with Crippen LogP contribution >= 0.6 is 11.8 Å². The molecule has 0 spiro atoms. The van der Waals surface area contributed by atoms with Crippen molar-refractivity contribution >= 4 is 23.7 Å². The second kappa shape index (κ2) is 6.36. The van der Waals surface area contributed by atoms with Gasteiger partial charge in [0.05, 0.1) is 16.0 Å². The van der Waals surface area contributed by atoms with Gasteiger partial charge in [-0.05, 0) is 17.8 Å². The molecule has 10 nitrogen and oxygen atoms in total. The maximum atomic E-state index is 11.3. The van der Waals surface area contributed by atoms with Crippen molar-refractivity contribution in [3.05, 3.63) is 52.9 Å². The van der Waals surface area contributed by atoms with Gasteiger partial charge in [0.2, 0.25) is 0 Å². The van der Waals surface area contributed by atoms with Crippen LogP contribution in [-0.4, -0.2) is 40.8 Å². The Bertz CT molecular complexity index is 858. The van der Waals surface area contributed by atoms with Crippen LogP contribution in [0.4, 0.5) is 5.69 Å². The van der Waals surface area contributed by atoms with Crippen molar-refractivity contribution in [2.24, 2.45) is 12.1 Å². The molecular formula is C12H10N8O2S. The summed E-state index contributed by atoms with van der Waals surface area (Å²) in [4.78, 5) is 11.3. The first-order valence-corrected chi connectivity index (χ1v) is 7.14. The van der Waals surface area contributed by atoms with E-state index in [2.05, 4.69) is 25.5 Å². The van der Waals surface area contributed by atoms with E-state index in [1.807, 2.05) is 0 Å². The highest BCUT2D eigenvalue weighted by atomic mass is 32.2. The molecule has 0 aliphatic carbocycles. The molecule has 3 aromatic rings. The maximum Gasteiger partial charge on any atom is 0.283 e. The average Bonchev–Trinajstić information content (AvgIpc) is 3.18. The molecule has 0 saturated carbocycles. The number of aromatic nitrogens is 6. The fourth-order valence-electron chi connectivity index (χ4n) is 1.70. The molecule has 0 amide bonds. The predicted octanol–water partition coefficient (Wildman–Crippen LogP) is 1.35. The number of hydrogen-bond acceptors (Lipinski definition) is 8. The molecule has 0 bridgehead atoms. The first-order valence-electron chi connectivity index (χ1n) is 6.33. The highest BCUT2D eigenvalue weighted by Crippen LogP contribution is 2.33. The molecule has 0 atom stereocenters. The largest absolute Gasteiger partial charge is 0.311 e. The fourth-order valence-corrected chi connectivity index (χ4v) is 2.55. The molecule has 0 radical (unpaired) electrons. The van der Waals surface area contributed by atoms with E-state index in [1.165, 1.54) is 47.7 Å². The minimum absolute atomic E-state index is 0.0225. The second-order valence-electron chi connectivity index (χ2n) is 4.40. The number of aryl methyl sites for hydroxylation is 1. The van der Waals surface area contributed by atoms with Crippen LogP contribution in [0.15, 0.2) is 52.3 Å². The third-order valence-corrected chi connectivity index (χ3v) is 3.91. The van der Waals surface area contributed by atoms with Crippen LogP contribution in [0.3, 0.4) is 0 Å². The molecule has 0 saturated heterocycles. The smallest absolute Gasteiger partial charge is 0.283 e. The Labute approximate surface area is 134 Å². The van der Waals surface area contributed by atoms with E-state index in [0.717, 1.165) is 0 Å². The molecule has 0 N–H and O–H groups in total. The molecule has 23 heavy (non-hydrogen) atoms. The number of nitro benzene ring substituents is 1. The zero-order valence-electron chi connectivity index (χ0n) is 11.8. The van der Waals surface area contributed by atoms with E-state index in [9.17, 15) is 10.1 Å². The second-order valence-corrected chi connectivity index (χ2v) is 5.41. The van der Waals surface area contributed by atoms with Crippen molar-refractivity contribution in [3.63, 3.8) is 0 Å². The monoisotopic (exact) mass is 330 g/mol. The molecule has 11 heteroatoms. The summed E-state index contributed by atoms with van der Waals surface area (Å²) < 4.78 is 3.09. The Balaban J connectivity index is 1.89. The molecular weight excluding hydrogens is 320 g/mol.